The first kappa shape index (κ1) is 18.4. The van der Waals surface area contributed by atoms with Crippen LogP contribution in [0.1, 0.15) is 28.8 Å². The minimum atomic E-state index is -0.608. The maximum Gasteiger partial charge on any atom is 0.333 e. The molecule has 122 valence electrons. The van der Waals surface area contributed by atoms with E-state index < -0.39 is 11.9 Å². The summed E-state index contributed by atoms with van der Waals surface area (Å²) in [5.74, 6) is -1.44. The Kier molecular flexibility index (Phi) is 6.93. The first-order chi connectivity index (χ1) is 10.9. The number of methoxy groups -OCH3 is 2. The number of hydrogen-bond acceptors (Lipinski definition) is 5. The van der Waals surface area contributed by atoms with Gasteiger partial charge in [-0.05, 0) is 31.9 Å². The SMILES string of the molecule is C=C(CC/C(=C\C(=O)c1cccc(C)c1)C(=O)OC)C(=O)OC. The molecule has 0 fully saturated rings. The lowest BCUT2D eigenvalue weighted by Gasteiger charge is -2.07. The molecule has 5 heteroatoms. The fraction of sp³-hybridized carbons (Fsp3) is 0.278. The highest BCUT2D eigenvalue weighted by Crippen LogP contribution is 2.15. The van der Waals surface area contributed by atoms with Gasteiger partial charge in [-0.1, -0.05) is 30.3 Å². The smallest absolute Gasteiger partial charge is 0.333 e. The number of aryl methyl sites for hydroxylation is 1. The van der Waals surface area contributed by atoms with Crippen molar-refractivity contribution < 1.29 is 23.9 Å². The van der Waals surface area contributed by atoms with Crippen LogP contribution in [0.25, 0.3) is 0 Å². The molecule has 0 bridgehead atoms. The summed E-state index contributed by atoms with van der Waals surface area (Å²) in [6, 6.07) is 7.06. The van der Waals surface area contributed by atoms with Crippen molar-refractivity contribution in [3.05, 3.63) is 59.2 Å². The highest BCUT2D eigenvalue weighted by molar-refractivity contribution is 6.08. The number of carbonyl (C=O) groups excluding carboxylic acids is 3. The number of benzene rings is 1. The van der Waals surface area contributed by atoms with Gasteiger partial charge in [-0.15, -0.1) is 0 Å². The molecule has 0 atom stereocenters. The molecular formula is C18H20O5. The first-order valence-corrected chi connectivity index (χ1v) is 7.05. The van der Waals surface area contributed by atoms with Crippen molar-refractivity contribution in [3.63, 3.8) is 0 Å². The molecule has 23 heavy (non-hydrogen) atoms. The van der Waals surface area contributed by atoms with Gasteiger partial charge in [-0.25, -0.2) is 9.59 Å². The Morgan fingerprint density at radius 1 is 1.09 bits per heavy atom. The van der Waals surface area contributed by atoms with Gasteiger partial charge >= 0.3 is 11.9 Å². The summed E-state index contributed by atoms with van der Waals surface area (Å²) in [5, 5.41) is 0. The molecule has 0 radical (unpaired) electrons. The van der Waals surface area contributed by atoms with E-state index in [2.05, 4.69) is 16.1 Å². The maximum absolute atomic E-state index is 12.3. The van der Waals surface area contributed by atoms with E-state index in [1.807, 2.05) is 13.0 Å². The molecular weight excluding hydrogens is 296 g/mol. The van der Waals surface area contributed by atoms with E-state index >= 15 is 0 Å². The van der Waals surface area contributed by atoms with Gasteiger partial charge in [0.1, 0.15) is 0 Å². The summed E-state index contributed by atoms with van der Waals surface area (Å²) < 4.78 is 9.24. The third-order valence-corrected chi connectivity index (χ3v) is 3.23. The van der Waals surface area contributed by atoms with E-state index in [9.17, 15) is 14.4 Å². The van der Waals surface area contributed by atoms with Crippen molar-refractivity contribution >= 4 is 17.7 Å². The van der Waals surface area contributed by atoms with Crippen LogP contribution in [-0.4, -0.2) is 31.9 Å². The van der Waals surface area contributed by atoms with E-state index in [4.69, 9.17) is 0 Å². The highest BCUT2D eigenvalue weighted by atomic mass is 16.5. The quantitative estimate of drug-likeness (QED) is 0.439. The number of rotatable bonds is 7. The van der Waals surface area contributed by atoms with Gasteiger partial charge in [0.05, 0.1) is 14.2 Å². The lowest BCUT2D eigenvalue weighted by Crippen LogP contribution is -2.10. The Bertz CT molecular complexity index is 655. The molecule has 0 aromatic heterocycles. The van der Waals surface area contributed by atoms with Crippen molar-refractivity contribution in [2.45, 2.75) is 19.8 Å². The van der Waals surface area contributed by atoms with Crippen molar-refractivity contribution in [3.8, 4) is 0 Å². The highest BCUT2D eigenvalue weighted by Gasteiger charge is 2.15. The van der Waals surface area contributed by atoms with Gasteiger partial charge in [0.15, 0.2) is 5.78 Å². The van der Waals surface area contributed by atoms with Crippen molar-refractivity contribution in [1.29, 1.82) is 0 Å². The Labute approximate surface area is 135 Å². The minimum Gasteiger partial charge on any atom is -0.466 e. The summed E-state index contributed by atoms with van der Waals surface area (Å²) in [6.45, 7) is 5.47. The largest absolute Gasteiger partial charge is 0.466 e. The molecule has 0 unspecified atom stereocenters. The summed E-state index contributed by atoms with van der Waals surface area (Å²) >= 11 is 0. The Morgan fingerprint density at radius 3 is 2.30 bits per heavy atom. The third-order valence-electron chi connectivity index (χ3n) is 3.23. The van der Waals surface area contributed by atoms with Crippen LogP contribution in [0.15, 0.2) is 48.1 Å². The van der Waals surface area contributed by atoms with Crippen molar-refractivity contribution in [2.24, 2.45) is 0 Å². The topological polar surface area (TPSA) is 69.7 Å². The van der Waals surface area contributed by atoms with Gasteiger partial charge in [0.25, 0.3) is 0 Å². The van der Waals surface area contributed by atoms with Crippen LogP contribution in [0.2, 0.25) is 0 Å². The normalized spacial score (nSPS) is 10.8. The predicted molar refractivity (Wildman–Crippen MR) is 86.0 cm³/mol. The predicted octanol–water partition coefficient (Wildman–Crippen LogP) is 2.79. The zero-order valence-electron chi connectivity index (χ0n) is 13.5. The Hall–Kier alpha value is -2.69. The molecule has 0 saturated carbocycles. The number of carbonyl (C=O) groups is 3. The Morgan fingerprint density at radius 2 is 1.74 bits per heavy atom. The summed E-state index contributed by atoms with van der Waals surface area (Å²) in [5.41, 5.74) is 1.84. The molecule has 1 aromatic carbocycles. The number of esters is 2. The minimum absolute atomic E-state index is 0.165. The molecule has 0 N–H and O–H groups in total. The monoisotopic (exact) mass is 316 g/mol. The molecule has 5 nitrogen and oxygen atoms in total. The van der Waals surface area contributed by atoms with E-state index in [1.54, 1.807) is 18.2 Å². The molecule has 0 amide bonds. The lowest BCUT2D eigenvalue weighted by molar-refractivity contribution is -0.137. The fourth-order valence-corrected chi connectivity index (χ4v) is 1.94. The van der Waals surface area contributed by atoms with Crippen LogP contribution < -0.4 is 0 Å². The zero-order valence-corrected chi connectivity index (χ0v) is 13.5. The summed E-state index contributed by atoms with van der Waals surface area (Å²) in [7, 11) is 2.49. The van der Waals surface area contributed by atoms with Gasteiger partial charge in [-0.2, -0.15) is 0 Å². The average molecular weight is 316 g/mol. The third kappa shape index (κ3) is 5.54. The maximum atomic E-state index is 12.3. The van der Waals surface area contributed by atoms with Crippen LogP contribution in [0, 0.1) is 6.92 Å². The Balaban J connectivity index is 2.93. The summed E-state index contributed by atoms with van der Waals surface area (Å²) in [4.78, 5) is 35.4. The van der Waals surface area contributed by atoms with Crippen LogP contribution in [-0.2, 0) is 19.1 Å². The average Bonchev–Trinajstić information content (AvgIpc) is 2.56. The van der Waals surface area contributed by atoms with Crippen LogP contribution in [0.4, 0.5) is 0 Å². The molecule has 1 rings (SSSR count). The second-order valence-corrected chi connectivity index (χ2v) is 4.99. The lowest BCUT2D eigenvalue weighted by atomic mass is 10.0. The number of allylic oxidation sites excluding steroid dienone is 1. The molecule has 1 aromatic rings. The van der Waals surface area contributed by atoms with Crippen LogP contribution in [0.3, 0.4) is 0 Å². The van der Waals surface area contributed by atoms with Gasteiger partial charge in [0.2, 0.25) is 0 Å². The van der Waals surface area contributed by atoms with E-state index in [1.165, 1.54) is 20.3 Å². The number of ether oxygens (including phenoxy) is 2. The van der Waals surface area contributed by atoms with Gasteiger partial charge in [-0.3, -0.25) is 4.79 Å². The zero-order chi connectivity index (χ0) is 17.4. The first-order valence-electron chi connectivity index (χ1n) is 7.05. The van der Waals surface area contributed by atoms with Gasteiger partial charge in [0, 0.05) is 16.7 Å². The van der Waals surface area contributed by atoms with E-state index in [0.29, 0.717) is 5.56 Å². The summed E-state index contributed by atoms with van der Waals surface area (Å²) in [6.07, 6.45) is 1.61. The molecule has 0 saturated heterocycles. The molecule has 0 heterocycles. The van der Waals surface area contributed by atoms with Gasteiger partial charge < -0.3 is 9.47 Å². The molecule has 0 spiro atoms. The van der Waals surface area contributed by atoms with Crippen LogP contribution in [0.5, 0.6) is 0 Å². The second-order valence-electron chi connectivity index (χ2n) is 4.99. The van der Waals surface area contributed by atoms with Crippen LogP contribution >= 0.6 is 0 Å². The van der Waals surface area contributed by atoms with Crippen molar-refractivity contribution in [2.75, 3.05) is 14.2 Å². The van der Waals surface area contributed by atoms with Crippen molar-refractivity contribution in [1.82, 2.24) is 0 Å². The molecule has 0 aliphatic rings. The molecule has 0 aliphatic carbocycles. The second kappa shape index (κ2) is 8.68. The van der Waals surface area contributed by atoms with E-state index in [-0.39, 0.29) is 29.8 Å². The van der Waals surface area contributed by atoms with E-state index in [0.717, 1.165) is 5.56 Å². The standard InChI is InChI=1S/C18H20O5/c1-12-6-5-7-14(10-12)16(19)11-15(18(21)23-4)9-8-13(2)17(20)22-3/h5-7,10-11H,2,8-9H2,1,3-4H3/b15-11+. The molecule has 0 aliphatic heterocycles. The fourth-order valence-electron chi connectivity index (χ4n) is 1.94. The number of hydrogen-bond donors (Lipinski definition) is 0. The number of ketones is 1.